The van der Waals surface area contributed by atoms with Gasteiger partial charge < -0.3 is 14.6 Å². The zero-order valence-corrected chi connectivity index (χ0v) is 26.0. The summed E-state index contributed by atoms with van der Waals surface area (Å²) in [6.07, 6.45) is 1.65. The lowest BCUT2D eigenvalue weighted by molar-refractivity contribution is 0.0697. The Morgan fingerprint density at radius 1 is 0.935 bits per heavy atom. The lowest BCUT2D eigenvalue weighted by Crippen LogP contribution is -2.21. The predicted molar refractivity (Wildman–Crippen MR) is 181 cm³/mol. The number of carbonyl (C=O) groups is 1. The summed E-state index contributed by atoms with van der Waals surface area (Å²) in [7, 11) is 1.66. The van der Waals surface area contributed by atoms with Gasteiger partial charge in [-0.25, -0.2) is 9.78 Å². The predicted octanol–water partition coefficient (Wildman–Crippen LogP) is 7.82. The number of benzene rings is 5. The van der Waals surface area contributed by atoms with Crippen molar-refractivity contribution in [2.45, 2.75) is 33.3 Å². The van der Waals surface area contributed by atoms with Gasteiger partial charge in [0.15, 0.2) is 5.82 Å². The van der Waals surface area contributed by atoms with Crippen molar-refractivity contribution in [3.63, 3.8) is 0 Å². The number of carboxylic acids is 1. The van der Waals surface area contributed by atoms with Crippen molar-refractivity contribution in [3.8, 4) is 22.9 Å². The van der Waals surface area contributed by atoms with Crippen LogP contribution in [0.3, 0.4) is 0 Å². The number of ether oxygens (including phenoxy) is 2. The van der Waals surface area contributed by atoms with Crippen LogP contribution in [-0.4, -0.2) is 34.1 Å². The van der Waals surface area contributed by atoms with Gasteiger partial charge in [0.1, 0.15) is 18.1 Å². The highest BCUT2D eigenvalue weighted by Crippen LogP contribution is 2.34. The quantitative estimate of drug-likeness (QED) is 0.167. The van der Waals surface area contributed by atoms with Gasteiger partial charge in [0.25, 0.3) is 5.56 Å². The maximum atomic E-state index is 14.0. The van der Waals surface area contributed by atoms with Crippen molar-refractivity contribution >= 4 is 33.9 Å². The maximum absolute atomic E-state index is 14.0. The van der Waals surface area contributed by atoms with Crippen LogP contribution in [0.1, 0.15) is 52.4 Å². The topological polar surface area (TPSA) is 103 Å². The average Bonchev–Trinajstić information content (AvgIpc) is 3.07. The van der Waals surface area contributed by atoms with Crippen molar-refractivity contribution < 1.29 is 19.4 Å². The van der Waals surface area contributed by atoms with Crippen molar-refractivity contribution in [2.24, 2.45) is 5.10 Å². The van der Waals surface area contributed by atoms with Crippen LogP contribution in [-0.2, 0) is 6.61 Å². The van der Waals surface area contributed by atoms with E-state index in [0.29, 0.717) is 28.0 Å². The van der Waals surface area contributed by atoms with Crippen LogP contribution < -0.4 is 15.0 Å². The molecule has 8 heteroatoms. The Hall–Kier alpha value is -5.76. The zero-order chi connectivity index (χ0) is 32.4. The van der Waals surface area contributed by atoms with Gasteiger partial charge in [0.2, 0.25) is 0 Å². The molecule has 0 aliphatic heterocycles. The van der Waals surface area contributed by atoms with Gasteiger partial charge in [-0.3, -0.25) is 4.79 Å². The molecule has 0 spiro atoms. The summed E-state index contributed by atoms with van der Waals surface area (Å²) in [4.78, 5) is 30.3. The number of methoxy groups -OCH3 is 1. The summed E-state index contributed by atoms with van der Waals surface area (Å²) in [5, 5.41) is 16.4. The van der Waals surface area contributed by atoms with Crippen molar-refractivity contribution in [1.29, 1.82) is 0 Å². The van der Waals surface area contributed by atoms with Crippen molar-refractivity contribution in [1.82, 2.24) is 9.66 Å². The van der Waals surface area contributed by atoms with E-state index in [-0.39, 0.29) is 23.6 Å². The van der Waals surface area contributed by atoms with Gasteiger partial charge in [-0.1, -0.05) is 68.4 Å². The SMILES string of the molecule is COc1cc(C)c(-c2nc3ccccc3c(=O)n2N=Cc2c(OCc3ccc(C(=O)O)cc3)ccc3ccccc23)cc1C(C)C. The van der Waals surface area contributed by atoms with E-state index < -0.39 is 5.97 Å². The summed E-state index contributed by atoms with van der Waals surface area (Å²) in [5.41, 5.74) is 4.69. The molecule has 6 rings (SSSR count). The Kier molecular flexibility index (Phi) is 8.35. The number of hydrogen-bond acceptors (Lipinski definition) is 6. The Bertz CT molecular complexity index is 2180. The molecule has 0 saturated heterocycles. The summed E-state index contributed by atoms with van der Waals surface area (Å²) in [6.45, 7) is 6.37. The third kappa shape index (κ3) is 5.85. The molecule has 0 unspecified atom stereocenters. The first-order chi connectivity index (χ1) is 22.2. The zero-order valence-electron chi connectivity index (χ0n) is 26.0. The van der Waals surface area contributed by atoms with Gasteiger partial charge in [0.05, 0.1) is 29.8 Å². The Morgan fingerprint density at radius 2 is 1.65 bits per heavy atom. The first-order valence-corrected chi connectivity index (χ1v) is 15.0. The molecule has 0 fully saturated rings. The van der Waals surface area contributed by atoms with E-state index >= 15 is 0 Å². The molecule has 1 N–H and O–H groups in total. The van der Waals surface area contributed by atoms with E-state index in [1.54, 1.807) is 43.7 Å². The van der Waals surface area contributed by atoms with Gasteiger partial charge in [-0.05, 0) is 82.8 Å². The largest absolute Gasteiger partial charge is 0.496 e. The number of fused-ring (bicyclic) bond motifs is 2. The van der Waals surface area contributed by atoms with Crippen LogP contribution in [0.25, 0.3) is 33.1 Å². The van der Waals surface area contributed by atoms with Crippen LogP contribution in [0, 0.1) is 6.92 Å². The molecule has 46 heavy (non-hydrogen) atoms. The molecule has 5 aromatic carbocycles. The first kappa shape index (κ1) is 30.3. The fraction of sp³-hybridized carbons (Fsp3) is 0.158. The first-order valence-electron chi connectivity index (χ1n) is 15.0. The molecule has 8 nitrogen and oxygen atoms in total. The molecule has 0 radical (unpaired) electrons. The second-order valence-corrected chi connectivity index (χ2v) is 11.4. The normalized spacial score (nSPS) is 11.5. The molecule has 0 atom stereocenters. The third-order valence-corrected chi connectivity index (χ3v) is 8.02. The number of aromatic carboxylic acids is 1. The van der Waals surface area contributed by atoms with Gasteiger partial charge in [0, 0.05) is 11.1 Å². The lowest BCUT2D eigenvalue weighted by atomic mass is 9.96. The highest BCUT2D eigenvalue weighted by atomic mass is 16.5. The van der Waals surface area contributed by atoms with Crippen LogP contribution in [0.5, 0.6) is 11.5 Å². The molecule has 0 bridgehead atoms. The molecular weight excluding hydrogens is 578 g/mol. The number of aryl methyl sites for hydroxylation is 1. The fourth-order valence-electron chi connectivity index (χ4n) is 5.53. The van der Waals surface area contributed by atoms with Crippen LogP contribution >= 0.6 is 0 Å². The van der Waals surface area contributed by atoms with Gasteiger partial charge >= 0.3 is 5.97 Å². The number of nitrogens with zero attached hydrogens (tertiary/aromatic N) is 3. The monoisotopic (exact) mass is 611 g/mol. The van der Waals surface area contributed by atoms with Gasteiger partial charge in [-0.2, -0.15) is 9.78 Å². The van der Waals surface area contributed by atoms with E-state index in [0.717, 1.165) is 38.8 Å². The number of aromatic nitrogens is 2. The number of carboxylic acid groups (broad SMARTS) is 1. The van der Waals surface area contributed by atoms with Crippen molar-refractivity contribution in [2.75, 3.05) is 7.11 Å². The summed E-state index contributed by atoms with van der Waals surface area (Å²) >= 11 is 0. The van der Waals surface area contributed by atoms with E-state index in [2.05, 4.69) is 13.8 Å². The molecular formula is C38H33N3O5. The van der Waals surface area contributed by atoms with E-state index in [4.69, 9.17) is 19.6 Å². The van der Waals surface area contributed by atoms with Crippen molar-refractivity contribution in [3.05, 3.63) is 135 Å². The summed E-state index contributed by atoms with van der Waals surface area (Å²) in [5.74, 6) is 0.960. The van der Waals surface area contributed by atoms with Crippen LogP contribution in [0.15, 0.2) is 107 Å². The molecule has 230 valence electrons. The lowest BCUT2D eigenvalue weighted by Gasteiger charge is -2.17. The van der Waals surface area contributed by atoms with Crippen LogP contribution in [0.4, 0.5) is 0 Å². The summed E-state index contributed by atoms with van der Waals surface area (Å²) < 4.78 is 13.3. The standard InChI is InChI=1S/C38H33N3O5/c1-23(2)30-20-31(24(3)19-35(30)45-4)36-40-33-12-8-7-11-29(33)37(42)41(36)39-21-32-28-10-6-5-9-26(28)17-18-34(32)46-22-25-13-15-27(16-14-25)38(43)44/h5-21,23H,22H2,1-4H3,(H,43,44). The molecule has 0 aliphatic carbocycles. The smallest absolute Gasteiger partial charge is 0.335 e. The molecule has 0 aliphatic rings. The van der Waals surface area contributed by atoms with E-state index in [1.165, 1.54) is 4.68 Å². The minimum atomic E-state index is -0.983. The maximum Gasteiger partial charge on any atom is 0.335 e. The number of para-hydroxylation sites is 1. The minimum absolute atomic E-state index is 0.175. The average molecular weight is 612 g/mol. The molecule has 0 saturated carbocycles. The number of rotatable bonds is 9. The highest BCUT2D eigenvalue weighted by Gasteiger charge is 2.19. The summed E-state index contributed by atoms with van der Waals surface area (Å²) in [6, 6.07) is 29.6. The van der Waals surface area contributed by atoms with Crippen LogP contribution in [0.2, 0.25) is 0 Å². The Balaban J connectivity index is 1.50. The second kappa shape index (κ2) is 12.7. The Labute approximate surface area is 266 Å². The fourth-order valence-corrected chi connectivity index (χ4v) is 5.53. The van der Waals surface area contributed by atoms with E-state index in [9.17, 15) is 14.7 Å². The molecule has 1 heterocycles. The molecule has 0 amide bonds. The minimum Gasteiger partial charge on any atom is -0.496 e. The van der Waals surface area contributed by atoms with E-state index in [1.807, 2.05) is 73.7 Å². The molecule has 6 aromatic rings. The van der Waals surface area contributed by atoms with Gasteiger partial charge in [-0.15, -0.1) is 0 Å². The highest BCUT2D eigenvalue weighted by molar-refractivity contribution is 6.02. The third-order valence-electron chi connectivity index (χ3n) is 8.02. The second-order valence-electron chi connectivity index (χ2n) is 11.4. The number of hydrogen-bond donors (Lipinski definition) is 1. The molecule has 1 aromatic heterocycles. The Morgan fingerprint density at radius 3 is 2.37 bits per heavy atom.